The second kappa shape index (κ2) is 8.92. The van der Waals surface area contributed by atoms with Crippen LogP contribution in [0.2, 0.25) is 0 Å². The first-order valence-electron chi connectivity index (χ1n) is 9.14. The van der Waals surface area contributed by atoms with Gasteiger partial charge in [0.1, 0.15) is 12.2 Å². The lowest BCUT2D eigenvalue weighted by atomic mass is 10.1. The third-order valence-corrected chi connectivity index (χ3v) is 4.33. The Morgan fingerprint density at radius 1 is 1.23 bits per heavy atom. The summed E-state index contributed by atoms with van der Waals surface area (Å²) in [6, 6.07) is 9.63. The van der Waals surface area contributed by atoms with Crippen molar-refractivity contribution in [1.82, 2.24) is 9.80 Å². The lowest BCUT2D eigenvalue weighted by molar-refractivity contribution is 0.0286. The van der Waals surface area contributed by atoms with Gasteiger partial charge >= 0.3 is 12.2 Å². The maximum atomic E-state index is 12.1. The van der Waals surface area contributed by atoms with Gasteiger partial charge in [0, 0.05) is 26.7 Å². The van der Waals surface area contributed by atoms with Gasteiger partial charge in [0.15, 0.2) is 0 Å². The van der Waals surface area contributed by atoms with Gasteiger partial charge in [0.25, 0.3) is 0 Å². The van der Waals surface area contributed by atoms with E-state index in [2.05, 4.69) is 0 Å². The van der Waals surface area contributed by atoms with Crippen LogP contribution in [0.1, 0.15) is 39.2 Å². The Labute approximate surface area is 156 Å². The van der Waals surface area contributed by atoms with E-state index < -0.39 is 5.60 Å². The van der Waals surface area contributed by atoms with Gasteiger partial charge in [-0.05, 0) is 45.1 Å². The summed E-state index contributed by atoms with van der Waals surface area (Å²) in [6.07, 6.45) is 1.20. The summed E-state index contributed by atoms with van der Waals surface area (Å²) >= 11 is 0. The molecule has 144 valence electrons. The zero-order chi connectivity index (χ0) is 19.2. The summed E-state index contributed by atoms with van der Waals surface area (Å²) in [5.41, 5.74) is 0.496. The number of likely N-dealkylation sites (tertiary alicyclic amines) is 1. The summed E-state index contributed by atoms with van der Waals surface area (Å²) in [4.78, 5) is 27.5. The van der Waals surface area contributed by atoms with Gasteiger partial charge in [0.05, 0.1) is 0 Å². The maximum absolute atomic E-state index is 12.1. The van der Waals surface area contributed by atoms with Crippen molar-refractivity contribution in [3.8, 4) is 0 Å². The molecule has 1 aromatic carbocycles. The van der Waals surface area contributed by atoms with E-state index >= 15 is 0 Å². The van der Waals surface area contributed by atoms with Gasteiger partial charge in [-0.2, -0.15) is 0 Å². The summed E-state index contributed by atoms with van der Waals surface area (Å²) in [6.45, 7) is 7.89. The fourth-order valence-electron chi connectivity index (χ4n) is 2.86. The van der Waals surface area contributed by atoms with E-state index in [-0.39, 0.29) is 18.8 Å². The van der Waals surface area contributed by atoms with Crippen molar-refractivity contribution in [1.29, 1.82) is 0 Å². The average Bonchev–Trinajstić information content (AvgIpc) is 3.06. The molecule has 0 bridgehead atoms. The molecule has 1 fully saturated rings. The molecule has 0 N–H and O–H groups in total. The molecule has 6 heteroatoms. The first-order valence-corrected chi connectivity index (χ1v) is 9.14. The van der Waals surface area contributed by atoms with E-state index in [4.69, 9.17) is 9.47 Å². The lowest BCUT2D eigenvalue weighted by Crippen LogP contribution is -2.35. The van der Waals surface area contributed by atoms with Crippen LogP contribution < -0.4 is 0 Å². The first-order chi connectivity index (χ1) is 12.2. The second-order valence-electron chi connectivity index (χ2n) is 7.83. The highest BCUT2D eigenvalue weighted by atomic mass is 16.6. The number of hydrogen-bond donors (Lipinski definition) is 0. The predicted molar refractivity (Wildman–Crippen MR) is 99.8 cm³/mol. The van der Waals surface area contributed by atoms with Crippen LogP contribution in [-0.2, 0) is 16.1 Å². The highest BCUT2D eigenvalue weighted by molar-refractivity contribution is 5.68. The Kier molecular flexibility index (Phi) is 6.89. The smallest absolute Gasteiger partial charge is 0.410 e. The van der Waals surface area contributed by atoms with Crippen molar-refractivity contribution in [2.45, 2.75) is 45.8 Å². The van der Waals surface area contributed by atoms with Crippen LogP contribution in [0, 0.1) is 5.92 Å². The number of hydrogen-bond acceptors (Lipinski definition) is 4. The Hall–Kier alpha value is -2.24. The normalized spacial score (nSPS) is 17.1. The molecule has 1 unspecified atom stereocenters. The van der Waals surface area contributed by atoms with Crippen LogP contribution in [0.4, 0.5) is 9.59 Å². The van der Waals surface area contributed by atoms with Gasteiger partial charge in [0.2, 0.25) is 0 Å². The van der Waals surface area contributed by atoms with E-state index in [1.807, 2.05) is 51.1 Å². The van der Waals surface area contributed by atoms with Gasteiger partial charge < -0.3 is 19.3 Å². The number of ether oxygens (including phenoxy) is 2. The molecule has 2 rings (SSSR count). The molecule has 6 nitrogen and oxygen atoms in total. The maximum Gasteiger partial charge on any atom is 0.410 e. The third-order valence-electron chi connectivity index (χ3n) is 4.33. The predicted octanol–water partition coefficient (Wildman–Crippen LogP) is 3.90. The van der Waals surface area contributed by atoms with Crippen LogP contribution in [0.3, 0.4) is 0 Å². The fraction of sp³-hybridized carbons (Fsp3) is 0.600. The van der Waals surface area contributed by atoms with Crippen LogP contribution in [0.5, 0.6) is 0 Å². The fourth-order valence-corrected chi connectivity index (χ4v) is 2.86. The minimum Gasteiger partial charge on any atom is -0.445 e. The number of rotatable bonds is 5. The summed E-state index contributed by atoms with van der Waals surface area (Å²) in [5.74, 6) is 0.381. The van der Waals surface area contributed by atoms with E-state index in [9.17, 15) is 9.59 Å². The van der Waals surface area contributed by atoms with Gasteiger partial charge in [-0.25, -0.2) is 9.59 Å². The minimum absolute atomic E-state index is 0.254. The van der Waals surface area contributed by atoms with Crippen molar-refractivity contribution < 1.29 is 19.1 Å². The van der Waals surface area contributed by atoms with Crippen LogP contribution in [-0.4, -0.2) is 54.3 Å². The van der Waals surface area contributed by atoms with Crippen molar-refractivity contribution in [3.63, 3.8) is 0 Å². The number of carbonyl (C=O) groups is 2. The minimum atomic E-state index is -0.474. The molecule has 1 aromatic rings. The molecule has 1 atom stereocenters. The monoisotopic (exact) mass is 362 g/mol. The van der Waals surface area contributed by atoms with Crippen molar-refractivity contribution in [2.24, 2.45) is 5.92 Å². The van der Waals surface area contributed by atoms with Crippen molar-refractivity contribution in [2.75, 3.05) is 26.7 Å². The highest BCUT2D eigenvalue weighted by Crippen LogP contribution is 2.22. The molecule has 0 aliphatic carbocycles. The standard InChI is InChI=1S/C20H30N2O4/c1-20(2,3)26-19(24)22-13-11-16(14-22)10-12-21(4)18(23)25-15-17-8-6-5-7-9-17/h5-9,16H,10-15H2,1-4H3. The quantitative estimate of drug-likeness (QED) is 0.797. The molecule has 0 aromatic heterocycles. The molecular formula is C20H30N2O4. The summed E-state index contributed by atoms with van der Waals surface area (Å²) in [7, 11) is 1.74. The topological polar surface area (TPSA) is 59.1 Å². The first kappa shape index (κ1) is 20.1. The molecule has 1 saturated heterocycles. The SMILES string of the molecule is CN(CCC1CCN(C(=O)OC(C)(C)C)C1)C(=O)OCc1ccccc1. The number of nitrogens with zero attached hydrogens (tertiary/aromatic N) is 2. The third kappa shape index (κ3) is 6.58. The van der Waals surface area contributed by atoms with Crippen LogP contribution >= 0.6 is 0 Å². The number of amides is 2. The van der Waals surface area contributed by atoms with Crippen molar-refractivity contribution >= 4 is 12.2 Å². The Morgan fingerprint density at radius 3 is 2.58 bits per heavy atom. The zero-order valence-corrected chi connectivity index (χ0v) is 16.2. The van der Waals surface area contributed by atoms with E-state index in [1.165, 1.54) is 0 Å². The molecule has 1 aliphatic rings. The summed E-state index contributed by atoms with van der Waals surface area (Å²) < 4.78 is 10.7. The second-order valence-corrected chi connectivity index (χ2v) is 7.83. The van der Waals surface area contributed by atoms with Gasteiger partial charge in [-0.3, -0.25) is 0 Å². The number of carbonyl (C=O) groups excluding carboxylic acids is 2. The molecule has 1 aliphatic heterocycles. The van der Waals surface area contributed by atoms with E-state index in [0.29, 0.717) is 25.6 Å². The average molecular weight is 362 g/mol. The highest BCUT2D eigenvalue weighted by Gasteiger charge is 2.29. The molecule has 1 heterocycles. The molecule has 2 amide bonds. The van der Waals surface area contributed by atoms with Gasteiger partial charge in [-0.15, -0.1) is 0 Å². The van der Waals surface area contributed by atoms with Gasteiger partial charge in [-0.1, -0.05) is 30.3 Å². The Bertz CT molecular complexity index is 598. The van der Waals surface area contributed by atoms with Crippen molar-refractivity contribution in [3.05, 3.63) is 35.9 Å². The molecule has 0 spiro atoms. The van der Waals surface area contributed by atoms with E-state index in [0.717, 1.165) is 18.4 Å². The Morgan fingerprint density at radius 2 is 1.92 bits per heavy atom. The lowest BCUT2D eigenvalue weighted by Gasteiger charge is -2.24. The molecular weight excluding hydrogens is 332 g/mol. The van der Waals surface area contributed by atoms with Crippen LogP contribution in [0.15, 0.2) is 30.3 Å². The molecule has 26 heavy (non-hydrogen) atoms. The van der Waals surface area contributed by atoms with E-state index in [1.54, 1.807) is 16.8 Å². The molecule has 0 saturated carbocycles. The largest absolute Gasteiger partial charge is 0.445 e. The molecule has 0 radical (unpaired) electrons. The van der Waals surface area contributed by atoms with Crippen LogP contribution in [0.25, 0.3) is 0 Å². The number of benzene rings is 1. The Balaban J connectivity index is 1.68. The zero-order valence-electron chi connectivity index (χ0n) is 16.2. The summed E-state index contributed by atoms with van der Waals surface area (Å²) in [5, 5.41) is 0.